The van der Waals surface area contributed by atoms with Gasteiger partial charge in [-0.25, -0.2) is 9.89 Å². The monoisotopic (exact) mass is 388 g/mol. The highest BCUT2D eigenvalue weighted by Gasteiger charge is 2.23. The standard InChI is InChI=1S/C19H14F2N2O5/c1-10(16(24)11-6-8-12(9-7-11)28-19(20)21)27-18(26)15-13-4-2-3-5-14(13)17(25)23-22-15/h2-10,19H,1H3,(H,23,25)/t10-/m0/s1. The molecule has 7 nitrogen and oxygen atoms in total. The van der Waals surface area contributed by atoms with Gasteiger partial charge in [0.1, 0.15) is 5.75 Å². The number of nitrogens with zero attached hydrogens (tertiary/aromatic N) is 1. The predicted molar refractivity (Wildman–Crippen MR) is 94.6 cm³/mol. The first-order chi connectivity index (χ1) is 13.4. The zero-order chi connectivity index (χ0) is 20.3. The van der Waals surface area contributed by atoms with Gasteiger partial charge >= 0.3 is 12.6 Å². The molecule has 0 aliphatic rings. The number of carbonyl (C=O) groups is 2. The van der Waals surface area contributed by atoms with Gasteiger partial charge in [-0.2, -0.15) is 13.9 Å². The molecular formula is C19H14F2N2O5. The molecule has 0 fully saturated rings. The minimum Gasteiger partial charge on any atom is -0.449 e. The van der Waals surface area contributed by atoms with Crippen LogP contribution in [0.5, 0.6) is 5.75 Å². The number of H-pyrrole nitrogens is 1. The Kier molecular flexibility index (Phi) is 5.44. The average molecular weight is 388 g/mol. The quantitative estimate of drug-likeness (QED) is 0.515. The molecule has 0 radical (unpaired) electrons. The second-order valence-corrected chi connectivity index (χ2v) is 5.76. The van der Waals surface area contributed by atoms with E-state index >= 15 is 0 Å². The Morgan fingerprint density at radius 1 is 1.04 bits per heavy atom. The van der Waals surface area contributed by atoms with E-state index in [1.807, 2.05) is 0 Å². The van der Waals surface area contributed by atoms with Crippen molar-refractivity contribution in [3.63, 3.8) is 0 Å². The third-order valence-corrected chi connectivity index (χ3v) is 3.91. The number of hydrogen-bond donors (Lipinski definition) is 1. The Hall–Kier alpha value is -3.62. The summed E-state index contributed by atoms with van der Waals surface area (Å²) in [5, 5.41) is 6.49. The molecule has 3 rings (SSSR count). The van der Waals surface area contributed by atoms with Gasteiger partial charge in [-0.15, -0.1) is 0 Å². The number of ether oxygens (including phenoxy) is 2. The number of aromatic amines is 1. The zero-order valence-corrected chi connectivity index (χ0v) is 14.5. The zero-order valence-electron chi connectivity index (χ0n) is 14.5. The Balaban J connectivity index is 1.76. The molecule has 0 amide bonds. The van der Waals surface area contributed by atoms with Crippen LogP contribution < -0.4 is 10.3 Å². The fourth-order valence-electron chi connectivity index (χ4n) is 2.58. The number of carbonyl (C=O) groups excluding carboxylic acids is 2. The van der Waals surface area contributed by atoms with Crippen LogP contribution in [0.2, 0.25) is 0 Å². The van der Waals surface area contributed by atoms with Gasteiger partial charge in [-0.05, 0) is 37.3 Å². The van der Waals surface area contributed by atoms with E-state index in [4.69, 9.17) is 4.74 Å². The minimum absolute atomic E-state index is 0.0971. The van der Waals surface area contributed by atoms with E-state index in [9.17, 15) is 23.2 Å². The summed E-state index contributed by atoms with van der Waals surface area (Å²) in [5.41, 5.74) is -0.431. The summed E-state index contributed by atoms with van der Waals surface area (Å²) in [5.74, 6) is -1.52. The van der Waals surface area contributed by atoms with Crippen LogP contribution in [0, 0.1) is 0 Å². The number of halogens is 2. The summed E-state index contributed by atoms with van der Waals surface area (Å²) < 4.78 is 33.7. The molecule has 1 heterocycles. The van der Waals surface area contributed by atoms with Crippen molar-refractivity contribution in [1.82, 2.24) is 10.2 Å². The second-order valence-electron chi connectivity index (χ2n) is 5.76. The van der Waals surface area contributed by atoms with Crippen molar-refractivity contribution in [2.45, 2.75) is 19.6 Å². The van der Waals surface area contributed by atoms with Crippen molar-refractivity contribution in [2.75, 3.05) is 0 Å². The lowest BCUT2D eigenvalue weighted by Crippen LogP contribution is -2.26. The van der Waals surface area contributed by atoms with E-state index in [1.165, 1.54) is 37.3 Å². The van der Waals surface area contributed by atoms with Crippen molar-refractivity contribution >= 4 is 22.5 Å². The first-order valence-electron chi connectivity index (χ1n) is 8.14. The Bertz CT molecular complexity index is 1080. The van der Waals surface area contributed by atoms with Gasteiger partial charge in [0.15, 0.2) is 11.8 Å². The first kappa shape index (κ1) is 19.2. The summed E-state index contributed by atoms with van der Waals surface area (Å²) in [4.78, 5) is 36.6. The number of nitrogens with one attached hydrogen (secondary N) is 1. The summed E-state index contributed by atoms with van der Waals surface area (Å²) in [6, 6.07) is 11.4. The molecule has 0 bridgehead atoms. The number of hydrogen-bond acceptors (Lipinski definition) is 6. The summed E-state index contributed by atoms with van der Waals surface area (Å²) in [7, 11) is 0. The number of alkyl halides is 2. The molecule has 28 heavy (non-hydrogen) atoms. The molecule has 144 valence electrons. The Labute approximate surface area is 156 Å². The molecule has 0 saturated carbocycles. The highest BCUT2D eigenvalue weighted by atomic mass is 19.3. The fourth-order valence-corrected chi connectivity index (χ4v) is 2.58. The molecule has 9 heteroatoms. The third-order valence-electron chi connectivity index (χ3n) is 3.91. The Morgan fingerprint density at radius 3 is 2.32 bits per heavy atom. The van der Waals surface area contributed by atoms with Gasteiger partial charge in [0.25, 0.3) is 5.56 Å². The van der Waals surface area contributed by atoms with Gasteiger partial charge in [0, 0.05) is 10.9 Å². The van der Waals surface area contributed by atoms with Crippen LogP contribution in [0.4, 0.5) is 8.78 Å². The summed E-state index contributed by atoms with van der Waals surface area (Å²) in [6.45, 7) is -1.60. The van der Waals surface area contributed by atoms with Crippen LogP contribution in [-0.2, 0) is 4.74 Å². The lowest BCUT2D eigenvalue weighted by Gasteiger charge is -2.13. The van der Waals surface area contributed by atoms with Crippen molar-refractivity contribution in [1.29, 1.82) is 0 Å². The molecule has 1 aromatic heterocycles. The maximum atomic E-state index is 12.4. The SMILES string of the molecule is C[C@H](OC(=O)c1n[nH]c(=O)c2ccccc12)C(=O)c1ccc(OC(F)F)cc1. The van der Waals surface area contributed by atoms with Crippen LogP contribution in [0.3, 0.4) is 0 Å². The normalized spacial score (nSPS) is 12.0. The first-order valence-corrected chi connectivity index (χ1v) is 8.14. The minimum atomic E-state index is -2.97. The van der Waals surface area contributed by atoms with Gasteiger partial charge in [0.2, 0.25) is 5.78 Å². The Morgan fingerprint density at radius 2 is 1.68 bits per heavy atom. The maximum Gasteiger partial charge on any atom is 0.387 e. The second kappa shape index (κ2) is 7.95. The maximum absolute atomic E-state index is 12.4. The number of benzene rings is 2. The lowest BCUT2D eigenvalue weighted by atomic mass is 10.1. The average Bonchev–Trinajstić information content (AvgIpc) is 2.68. The number of rotatable bonds is 6. The van der Waals surface area contributed by atoms with E-state index in [0.29, 0.717) is 5.39 Å². The lowest BCUT2D eigenvalue weighted by molar-refractivity contribution is -0.0498. The molecule has 0 spiro atoms. The molecule has 2 aromatic carbocycles. The van der Waals surface area contributed by atoms with E-state index in [1.54, 1.807) is 18.2 Å². The van der Waals surface area contributed by atoms with Gasteiger partial charge in [0.05, 0.1) is 5.39 Å². The molecule has 3 aromatic rings. The van der Waals surface area contributed by atoms with Gasteiger partial charge in [-0.3, -0.25) is 9.59 Å². The van der Waals surface area contributed by atoms with Crippen LogP contribution in [0.1, 0.15) is 27.8 Å². The van der Waals surface area contributed by atoms with Crippen LogP contribution in [0.25, 0.3) is 10.8 Å². The van der Waals surface area contributed by atoms with Crippen LogP contribution in [0.15, 0.2) is 53.3 Å². The van der Waals surface area contributed by atoms with Crippen molar-refractivity contribution in [3.8, 4) is 5.75 Å². The number of fused-ring (bicyclic) bond motifs is 1. The van der Waals surface area contributed by atoms with Crippen LogP contribution in [-0.4, -0.2) is 34.7 Å². The van der Waals surface area contributed by atoms with Crippen molar-refractivity contribution in [2.24, 2.45) is 0 Å². The van der Waals surface area contributed by atoms with E-state index < -0.39 is 30.0 Å². The van der Waals surface area contributed by atoms with Gasteiger partial charge in [-0.1, -0.05) is 18.2 Å². The third kappa shape index (κ3) is 4.03. The summed E-state index contributed by atoms with van der Waals surface area (Å²) in [6.07, 6.45) is -1.16. The highest BCUT2D eigenvalue weighted by Crippen LogP contribution is 2.18. The molecule has 0 saturated heterocycles. The van der Waals surface area contributed by atoms with Crippen molar-refractivity contribution < 1.29 is 27.8 Å². The number of aromatic nitrogens is 2. The molecule has 1 atom stereocenters. The molecule has 0 aliphatic carbocycles. The van der Waals surface area contributed by atoms with Crippen molar-refractivity contribution in [3.05, 3.63) is 70.1 Å². The summed E-state index contributed by atoms with van der Waals surface area (Å²) >= 11 is 0. The number of Topliss-reactive ketones (excluding diaryl/α,β-unsaturated/α-hetero) is 1. The number of ketones is 1. The smallest absolute Gasteiger partial charge is 0.387 e. The molecular weight excluding hydrogens is 374 g/mol. The van der Waals surface area contributed by atoms with E-state index in [2.05, 4.69) is 14.9 Å². The molecule has 1 N–H and O–H groups in total. The van der Waals surface area contributed by atoms with E-state index in [0.717, 1.165) is 0 Å². The predicted octanol–water partition coefficient (Wildman–Crippen LogP) is 2.95. The van der Waals surface area contributed by atoms with E-state index in [-0.39, 0.29) is 22.4 Å². The molecule has 0 unspecified atom stereocenters. The van der Waals surface area contributed by atoms with Crippen LogP contribution >= 0.6 is 0 Å². The fraction of sp³-hybridized carbons (Fsp3) is 0.158. The highest BCUT2D eigenvalue weighted by molar-refractivity contribution is 6.05. The van der Waals surface area contributed by atoms with Gasteiger partial charge < -0.3 is 9.47 Å². The number of esters is 1. The topological polar surface area (TPSA) is 98.4 Å². The molecule has 0 aliphatic heterocycles. The largest absolute Gasteiger partial charge is 0.449 e.